The molecule has 162 valence electrons. The summed E-state index contributed by atoms with van der Waals surface area (Å²) in [4.78, 5) is 26.3. The molecule has 5 aromatic rings. The highest BCUT2D eigenvalue weighted by molar-refractivity contribution is 6.10. The van der Waals surface area contributed by atoms with Gasteiger partial charge in [0.15, 0.2) is 34.1 Å². The van der Waals surface area contributed by atoms with Gasteiger partial charge in [0.25, 0.3) is 0 Å². The molecular formula is C26H8F4N2O2. The molecule has 0 amide bonds. The number of hydrogen-bond donors (Lipinski definition) is 0. The van der Waals surface area contributed by atoms with Crippen molar-refractivity contribution in [2.75, 3.05) is 0 Å². The number of fused-ring (bicyclic) bond motifs is 2. The Morgan fingerprint density at radius 2 is 0.912 bits per heavy atom. The van der Waals surface area contributed by atoms with Crippen LogP contribution in [0.3, 0.4) is 0 Å². The van der Waals surface area contributed by atoms with Gasteiger partial charge in [-0.3, -0.25) is 9.59 Å². The van der Waals surface area contributed by atoms with Crippen molar-refractivity contribution in [3.8, 4) is 34.4 Å². The van der Waals surface area contributed by atoms with Crippen molar-refractivity contribution >= 4 is 21.5 Å². The van der Waals surface area contributed by atoms with Gasteiger partial charge in [-0.1, -0.05) is 12.1 Å². The predicted octanol–water partition coefficient (Wildman–Crippen LogP) is 5.22. The van der Waals surface area contributed by atoms with Gasteiger partial charge in [0.2, 0.25) is 0 Å². The summed E-state index contributed by atoms with van der Waals surface area (Å²) in [7, 11) is 0. The second kappa shape index (κ2) is 7.36. The molecule has 8 heteroatoms. The van der Waals surface area contributed by atoms with Crippen molar-refractivity contribution in [2.24, 2.45) is 0 Å². The second-order valence-corrected chi connectivity index (χ2v) is 7.58. The normalized spacial score (nSPS) is 11.1. The minimum Gasteiger partial charge on any atom is -0.289 e. The van der Waals surface area contributed by atoms with Crippen LogP contribution in [0, 0.1) is 45.9 Å². The molecule has 4 nitrogen and oxygen atoms in total. The van der Waals surface area contributed by atoms with Crippen LogP contribution in [0.25, 0.3) is 43.8 Å². The first-order valence-electron chi connectivity index (χ1n) is 9.74. The van der Waals surface area contributed by atoms with E-state index in [0.717, 1.165) is 36.4 Å². The van der Waals surface area contributed by atoms with Crippen LogP contribution >= 0.6 is 0 Å². The second-order valence-electron chi connectivity index (χ2n) is 7.58. The molecule has 0 saturated carbocycles. The number of benzene rings is 3. The predicted molar refractivity (Wildman–Crippen MR) is 117 cm³/mol. The molecule has 0 aliphatic carbocycles. The van der Waals surface area contributed by atoms with Crippen LogP contribution in [0.1, 0.15) is 11.1 Å². The van der Waals surface area contributed by atoms with Crippen molar-refractivity contribution in [1.29, 1.82) is 10.5 Å². The molecule has 0 aliphatic heterocycles. The monoisotopic (exact) mass is 456 g/mol. The number of hydrogen-bond acceptors (Lipinski definition) is 4. The molecule has 5 rings (SSSR count). The molecule has 0 unspecified atom stereocenters. The molecule has 0 radical (unpaired) electrons. The van der Waals surface area contributed by atoms with Crippen molar-refractivity contribution in [2.45, 2.75) is 0 Å². The number of rotatable bonds is 2. The largest absolute Gasteiger partial charge is 0.289 e. The molecule has 0 heterocycles. The fourth-order valence-corrected chi connectivity index (χ4v) is 4.24. The quantitative estimate of drug-likeness (QED) is 0.341. The number of nitriles is 2. The topological polar surface area (TPSA) is 81.7 Å². The van der Waals surface area contributed by atoms with E-state index in [9.17, 15) is 37.7 Å². The Balaban J connectivity index is 1.87. The van der Waals surface area contributed by atoms with Gasteiger partial charge in [0.1, 0.15) is 12.1 Å². The van der Waals surface area contributed by atoms with E-state index in [0.29, 0.717) is 0 Å². The van der Waals surface area contributed by atoms with Crippen LogP contribution < -0.4 is 10.9 Å². The van der Waals surface area contributed by atoms with Crippen molar-refractivity contribution in [1.82, 2.24) is 0 Å². The maximum absolute atomic E-state index is 13.8. The Bertz CT molecular complexity index is 1740. The Hall–Kier alpha value is -4.82. The molecule has 5 aromatic carbocycles. The fourth-order valence-electron chi connectivity index (χ4n) is 4.24. The van der Waals surface area contributed by atoms with E-state index in [1.165, 1.54) is 12.1 Å². The molecule has 0 N–H and O–H groups in total. The van der Waals surface area contributed by atoms with E-state index in [2.05, 4.69) is 0 Å². The van der Waals surface area contributed by atoms with Gasteiger partial charge < -0.3 is 0 Å². The van der Waals surface area contributed by atoms with Crippen molar-refractivity contribution in [3.05, 3.63) is 103 Å². The Morgan fingerprint density at radius 1 is 0.529 bits per heavy atom. The lowest BCUT2D eigenvalue weighted by Gasteiger charge is -2.00. The summed E-state index contributed by atoms with van der Waals surface area (Å²) < 4.78 is 54.3. The van der Waals surface area contributed by atoms with E-state index in [-0.39, 0.29) is 54.9 Å². The van der Waals surface area contributed by atoms with Gasteiger partial charge in [-0.2, -0.15) is 10.5 Å². The Labute approximate surface area is 187 Å². The third-order valence-electron chi connectivity index (χ3n) is 5.78. The maximum atomic E-state index is 13.8. The highest BCUT2D eigenvalue weighted by Gasteiger charge is 2.25. The molecule has 0 bridgehead atoms. The smallest absolute Gasteiger partial charge is 0.195 e. The van der Waals surface area contributed by atoms with E-state index in [1.54, 1.807) is 0 Å². The van der Waals surface area contributed by atoms with Crippen molar-refractivity contribution < 1.29 is 17.6 Å². The molecular weight excluding hydrogens is 448 g/mol. The van der Waals surface area contributed by atoms with Crippen LogP contribution in [0.15, 0.2) is 58.1 Å². The summed E-state index contributed by atoms with van der Waals surface area (Å²) in [6.45, 7) is 0. The van der Waals surface area contributed by atoms with Crippen LogP contribution in [0.4, 0.5) is 17.6 Å². The first-order valence-corrected chi connectivity index (χ1v) is 9.74. The van der Waals surface area contributed by atoms with Crippen LogP contribution in [-0.4, -0.2) is 0 Å². The molecule has 0 atom stereocenters. The molecule has 0 fully saturated rings. The van der Waals surface area contributed by atoms with E-state index >= 15 is 0 Å². The first-order chi connectivity index (χ1) is 16.3. The summed E-state index contributed by atoms with van der Waals surface area (Å²) in [5, 5.41) is 19.7. The average molecular weight is 456 g/mol. The fraction of sp³-hybridized carbons (Fsp3) is 0. The Morgan fingerprint density at radius 3 is 1.26 bits per heavy atom. The molecule has 0 aliphatic rings. The SMILES string of the molecule is N#Cc1c(-c2ccc(F)c(F)c2)c(=O)c2cc3c(=O)c(-c4ccc(F)c(F)c4)c(C#N)c3cc12. The zero-order valence-electron chi connectivity index (χ0n) is 16.8. The summed E-state index contributed by atoms with van der Waals surface area (Å²) in [6, 6.07) is 11.9. The van der Waals surface area contributed by atoms with Crippen LogP contribution in [0.5, 0.6) is 0 Å². The lowest BCUT2D eigenvalue weighted by Crippen LogP contribution is -2.02. The van der Waals surface area contributed by atoms with Gasteiger partial charge in [-0.15, -0.1) is 0 Å². The highest BCUT2D eigenvalue weighted by atomic mass is 19.2. The lowest BCUT2D eigenvalue weighted by atomic mass is 10.0. The summed E-state index contributed by atoms with van der Waals surface area (Å²) >= 11 is 0. The lowest BCUT2D eigenvalue weighted by molar-refractivity contribution is 0.509. The zero-order chi connectivity index (χ0) is 24.3. The number of nitrogens with zero attached hydrogens (tertiary/aromatic N) is 2. The van der Waals surface area contributed by atoms with Gasteiger partial charge in [-0.05, 0) is 47.5 Å². The van der Waals surface area contributed by atoms with Gasteiger partial charge in [0, 0.05) is 32.7 Å². The third-order valence-corrected chi connectivity index (χ3v) is 5.78. The van der Waals surface area contributed by atoms with Crippen LogP contribution in [-0.2, 0) is 0 Å². The van der Waals surface area contributed by atoms with E-state index in [1.807, 2.05) is 12.1 Å². The highest BCUT2D eigenvalue weighted by Crippen LogP contribution is 2.35. The summed E-state index contributed by atoms with van der Waals surface area (Å²) in [6.07, 6.45) is 0. The Kier molecular flexibility index (Phi) is 4.56. The van der Waals surface area contributed by atoms with E-state index < -0.39 is 34.1 Å². The van der Waals surface area contributed by atoms with Gasteiger partial charge in [-0.25, -0.2) is 17.6 Å². The minimum atomic E-state index is -1.20. The molecule has 0 aromatic heterocycles. The number of halogens is 4. The standard InChI is InChI=1S/C26H8F4N2O2/c27-19-3-1-11(5-21(19)29)23-17(9-31)13-7-14-16(8-15(13)25(23)33)26(34)24(18(14)10-32)12-2-4-20(28)22(30)6-12/h1-8H. The van der Waals surface area contributed by atoms with E-state index in [4.69, 9.17) is 0 Å². The average Bonchev–Trinajstić information content (AvgIpc) is 3.26. The summed E-state index contributed by atoms with van der Waals surface area (Å²) in [5.74, 6) is -4.64. The minimum absolute atomic E-state index is 0.0124. The van der Waals surface area contributed by atoms with Gasteiger partial charge >= 0.3 is 0 Å². The zero-order valence-corrected chi connectivity index (χ0v) is 16.8. The first kappa shape index (κ1) is 21.0. The molecule has 0 saturated heterocycles. The van der Waals surface area contributed by atoms with Gasteiger partial charge in [0.05, 0.1) is 11.1 Å². The van der Waals surface area contributed by atoms with Crippen LogP contribution in [0.2, 0.25) is 0 Å². The molecule has 34 heavy (non-hydrogen) atoms. The maximum Gasteiger partial charge on any atom is 0.195 e. The summed E-state index contributed by atoms with van der Waals surface area (Å²) in [5.41, 5.74) is -1.93. The van der Waals surface area contributed by atoms with Crippen molar-refractivity contribution in [3.63, 3.8) is 0 Å². The molecule has 0 spiro atoms. The third kappa shape index (κ3) is 2.83.